The molecule has 1 heterocycles. The van der Waals surface area contributed by atoms with Gasteiger partial charge in [0.2, 0.25) is 10.0 Å². The number of nitrogens with zero attached hydrogens (tertiary/aromatic N) is 1. The Balaban J connectivity index is 2.21. The molecule has 1 saturated carbocycles. The zero-order chi connectivity index (χ0) is 11.1. The van der Waals surface area contributed by atoms with Gasteiger partial charge in [-0.1, -0.05) is 15.9 Å². The van der Waals surface area contributed by atoms with E-state index in [0.29, 0.717) is 4.48 Å². The van der Waals surface area contributed by atoms with Crippen LogP contribution >= 0.6 is 15.9 Å². The summed E-state index contributed by atoms with van der Waals surface area (Å²) in [6, 6.07) is 0. The second kappa shape index (κ2) is 3.97. The number of primary sulfonamides is 1. The van der Waals surface area contributed by atoms with Crippen LogP contribution in [0.1, 0.15) is 12.8 Å². The molecule has 5 nitrogen and oxygen atoms in total. The highest BCUT2D eigenvalue weighted by atomic mass is 79.9. The number of hydrogen-bond acceptors (Lipinski definition) is 4. The summed E-state index contributed by atoms with van der Waals surface area (Å²) in [7, 11) is -3.67. The topological polar surface area (TPSA) is 81.8 Å². The third-order valence-electron chi connectivity index (χ3n) is 2.23. The van der Waals surface area contributed by atoms with E-state index in [1.165, 1.54) is 12.4 Å². The van der Waals surface area contributed by atoms with E-state index in [2.05, 4.69) is 20.9 Å². The molecule has 84 valence electrons. The van der Waals surface area contributed by atoms with Crippen LogP contribution in [0.5, 0.6) is 0 Å². The van der Waals surface area contributed by atoms with Gasteiger partial charge in [-0.3, -0.25) is 4.99 Å². The van der Waals surface area contributed by atoms with Gasteiger partial charge in [-0.05, 0) is 12.8 Å². The highest BCUT2D eigenvalue weighted by Gasteiger charge is 2.38. The fraction of sp³-hybridized carbons (Fsp3) is 0.625. The predicted molar refractivity (Wildman–Crippen MR) is 60.3 cm³/mol. The number of aliphatic imine (C=N–C) groups is 1. The number of halogens is 1. The van der Waals surface area contributed by atoms with E-state index in [9.17, 15) is 8.42 Å². The standard InChI is InChI=1S/C8H11BrN2O3S/c9-6-3-11-4-7(14-5-1-2-5)8(6)15(10,12)13/h3-5,7-8H,1-2H2,(H2,10,12,13). The summed E-state index contributed by atoms with van der Waals surface area (Å²) in [5.74, 6) is 0. The van der Waals surface area contributed by atoms with Gasteiger partial charge in [0, 0.05) is 16.9 Å². The Hall–Kier alpha value is -0.240. The minimum Gasteiger partial charge on any atom is -0.368 e. The van der Waals surface area contributed by atoms with Crippen LogP contribution in [0, 0.1) is 0 Å². The maximum absolute atomic E-state index is 11.4. The second-order valence-electron chi connectivity index (χ2n) is 3.62. The third-order valence-corrected chi connectivity index (χ3v) is 4.46. The van der Waals surface area contributed by atoms with Gasteiger partial charge in [0.25, 0.3) is 0 Å². The van der Waals surface area contributed by atoms with Crippen molar-refractivity contribution in [3.05, 3.63) is 10.7 Å². The van der Waals surface area contributed by atoms with Gasteiger partial charge >= 0.3 is 0 Å². The molecule has 0 saturated heterocycles. The van der Waals surface area contributed by atoms with Crippen LogP contribution < -0.4 is 5.14 Å². The first-order valence-electron chi connectivity index (χ1n) is 4.54. The summed E-state index contributed by atoms with van der Waals surface area (Å²) in [5.41, 5.74) is 0. The van der Waals surface area contributed by atoms with Crippen LogP contribution in [-0.4, -0.2) is 32.1 Å². The lowest BCUT2D eigenvalue weighted by Crippen LogP contribution is -2.43. The van der Waals surface area contributed by atoms with Crippen LogP contribution in [0.15, 0.2) is 15.7 Å². The molecule has 0 aromatic carbocycles. The molecule has 2 rings (SSSR count). The van der Waals surface area contributed by atoms with Crippen molar-refractivity contribution in [2.24, 2.45) is 10.1 Å². The van der Waals surface area contributed by atoms with Crippen molar-refractivity contribution < 1.29 is 13.2 Å². The van der Waals surface area contributed by atoms with Crippen LogP contribution in [-0.2, 0) is 14.8 Å². The SMILES string of the molecule is NS(=O)(=O)C1C(Br)=CN=CC1OC1CC1. The molecule has 2 aliphatic rings. The molecule has 7 heteroatoms. The zero-order valence-electron chi connectivity index (χ0n) is 7.84. The first-order chi connectivity index (χ1) is 6.98. The lowest BCUT2D eigenvalue weighted by molar-refractivity contribution is 0.0888. The Kier molecular flexibility index (Phi) is 2.98. The van der Waals surface area contributed by atoms with Crippen molar-refractivity contribution in [2.45, 2.75) is 30.3 Å². The van der Waals surface area contributed by atoms with Crippen molar-refractivity contribution in [1.29, 1.82) is 0 Å². The van der Waals surface area contributed by atoms with Crippen LogP contribution in [0.2, 0.25) is 0 Å². The molecule has 1 aliphatic heterocycles. The van der Waals surface area contributed by atoms with E-state index in [1.54, 1.807) is 0 Å². The third kappa shape index (κ3) is 2.66. The molecular weight excluding hydrogens is 284 g/mol. The highest BCUT2D eigenvalue weighted by Crippen LogP contribution is 2.30. The predicted octanol–water partition coefficient (Wildman–Crippen LogP) is 0.512. The van der Waals surface area contributed by atoms with Gasteiger partial charge in [-0.2, -0.15) is 0 Å². The number of rotatable bonds is 3. The molecule has 2 atom stereocenters. The van der Waals surface area contributed by atoms with Crippen LogP contribution in [0.4, 0.5) is 0 Å². The molecule has 0 bridgehead atoms. The summed E-state index contributed by atoms with van der Waals surface area (Å²) >= 11 is 3.15. The molecule has 1 aliphatic carbocycles. The number of sulfonamides is 1. The Morgan fingerprint density at radius 2 is 2.20 bits per heavy atom. The lowest BCUT2D eigenvalue weighted by Gasteiger charge is -2.24. The fourth-order valence-corrected chi connectivity index (χ4v) is 3.43. The van der Waals surface area contributed by atoms with E-state index in [4.69, 9.17) is 9.88 Å². The van der Waals surface area contributed by atoms with E-state index in [1.807, 2.05) is 0 Å². The van der Waals surface area contributed by atoms with Gasteiger partial charge < -0.3 is 4.74 Å². The van der Waals surface area contributed by atoms with Crippen molar-refractivity contribution in [1.82, 2.24) is 0 Å². The number of ether oxygens (including phenoxy) is 1. The fourth-order valence-electron chi connectivity index (χ4n) is 1.38. The molecule has 0 aromatic heterocycles. The Labute approximate surface area is 96.6 Å². The first-order valence-corrected chi connectivity index (χ1v) is 6.94. The molecular formula is C8H11BrN2O3S. The maximum atomic E-state index is 11.4. The number of hydrogen-bond donors (Lipinski definition) is 1. The minimum absolute atomic E-state index is 0.157. The Morgan fingerprint density at radius 1 is 1.53 bits per heavy atom. The Bertz CT molecular complexity index is 414. The summed E-state index contributed by atoms with van der Waals surface area (Å²) in [4.78, 5) is 3.91. The molecule has 0 radical (unpaired) electrons. The van der Waals surface area contributed by atoms with Gasteiger partial charge in [-0.25, -0.2) is 13.6 Å². The smallest absolute Gasteiger partial charge is 0.219 e. The summed E-state index contributed by atoms with van der Waals surface area (Å²) in [5, 5.41) is 4.28. The normalized spacial score (nSPS) is 31.5. The zero-order valence-corrected chi connectivity index (χ0v) is 10.2. The summed E-state index contributed by atoms with van der Waals surface area (Å²) < 4.78 is 28.7. The van der Waals surface area contributed by atoms with Gasteiger partial charge in [0.1, 0.15) is 11.4 Å². The molecule has 15 heavy (non-hydrogen) atoms. The lowest BCUT2D eigenvalue weighted by atomic mass is 10.2. The summed E-state index contributed by atoms with van der Waals surface area (Å²) in [6.07, 6.45) is 4.45. The van der Waals surface area contributed by atoms with Crippen molar-refractivity contribution >= 4 is 32.2 Å². The maximum Gasteiger partial charge on any atom is 0.219 e. The molecule has 1 fully saturated rings. The minimum atomic E-state index is -3.67. The summed E-state index contributed by atoms with van der Waals surface area (Å²) in [6.45, 7) is 0. The average Bonchev–Trinajstić information content (AvgIpc) is 2.85. The van der Waals surface area contributed by atoms with Crippen LogP contribution in [0.25, 0.3) is 0 Å². The molecule has 0 aromatic rings. The van der Waals surface area contributed by atoms with Crippen LogP contribution in [0.3, 0.4) is 0 Å². The van der Waals surface area contributed by atoms with Crippen molar-refractivity contribution in [2.75, 3.05) is 0 Å². The molecule has 0 spiro atoms. The highest BCUT2D eigenvalue weighted by molar-refractivity contribution is 9.11. The van der Waals surface area contributed by atoms with E-state index in [-0.39, 0.29) is 6.10 Å². The van der Waals surface area contributed by atoms with E-state index in [0.717, 1.165) is 12.8 Å². The molecule has 0 amide bonds. The molecule has 2 N–H and O–H groups in total. The second-order valence-corrected chi connectivity index (χ2v) is 6.22. The monoisotopic (exact) mass is 294 g/mol. The Morgan fingerprint density at radius 3 is 2.73 bits per heavy atom. The number of nitrogens with two attached hydrogens (primary N) is 1. The van der Waals surface area contributed by atoms with E-state index >= 15 is 0 Å². The van der Waals surface area contributed by atoms with E-state index < -0.39 is 21.4 Å². The van der Waals surface area contributed by atoms with Crippen molar-refractivity contribution in [3.8, 4) is 0 Å². The van der Waals surface area contributed by atoms with Gasteiger partial charge in [0.15, 0.2) is 0 Å². The van der Waals surface area contributed by atoms with Gasteiger partial charge in [-0.15, -0.1) is 0 Å². The quantitative estimate of drug-likeness (QED) is 0.823. The van der Waals surface area contributed by atoms with Crippen molar-refractivity contribution in [3.63, 3.8) is 0 Å². The average molecular weight is 295 g/mol. The first kappa shape index (κ1) is 11.3. The van der Waals surface area contributed by atoms with Gasteiger partial charge in [0.05, 0.1) is 6.10 Å². The largest absolute Gasteiger partial charge is 0.368 e. The molecule has 2 unspecified atom stereocenters.